The maximum Gasteiger partial charge on any atom is 0.270 e. The quantitative estimate of drug-likeness (QED) is 0.736. The van der Waals surface area contributed by atoms with Crippen molar-refractivity contribution < 1.29 is 12.8 Å². The molecule has 0 radical (unpaired) electrons. The van der Waals surface area contributed by atoms with E-state index in [0.29, 0.717) is 33.6 Å². The highest BCUT2D eigenvalue weighted by molar-refractivity contribution is 7.91. The molecule has 0 saturated carbocycles. The molecule has 6 nitrogen and oxygen atoms in total. The maximum atomic E-state index is 11.7. The van der Waals surface area contributed by atoms with Crippen LogP contribution in [0.25, 0.3) is 11.1 Å². The van der Waals surface area contributed by atoms with Gasteiger partial charge in [-0.3, -0.25) is 14.4 Å². The Morgan fingerprint density at radius 3 is 2.68 bits per heavy atom. The highest BCUT2D eigenvalue weighted by atomic mass is 35.5. The van der Waals surface area contributed by atoms with Crippen LogP contribution in [0, 0.1) is 4.84 Å². The number of rotatable bonds is 3. The fourth-order valence-electron chi connectivity index (χ4n) is 3.71. The standard InChI is InChI=1S/C16H20ClN3O3S2/c17-12-1-2-14-15(9-12)23-16(24)20(14)11-18-4-6-19(7-5-18)13-3-8-25(21,22)10-13/h1-2,9,13H,3-8,10-11H2/t13-/m0/s1. The first-order chi connectivity index (χ1) is 11.9. The number of hydrogen-bond donors (Lipinski definition) is 0. The molecule has 2 aromatic rings. The summed E-state index contributed by atoms with van der Waals surface area (Å²) in [6, 6.07) is 5.73. The van der Waals surface area contributed by atoms with Crippen LogP contribution in [0.3, 0.4) is 0 Å². The smallest absolute Gasteiger partial charge is 0.270 e. The summed E-state index contributed by atoms with van der Waals surface area (Å²) in [7, 11) is -2.83. The minimum absolute atomic E-state index is 0.186. The molecule has 2 aliphatic heterocycles. The fraction of sp³-hybridized carbons (Fsp3) is 0.562. The van der Waals surface area contributed by atoms with E-state index in [4.69, 9.17) is 28.2 Å². The number of benzene rings is 1. The molecular formula is C16H20ClN3O3S2. The topological polar surface area (TPSA) is 58.7 Å². The van der Waals surface area contributed by atoms with E-state index in [1.807, 2.05) is 16.7 Å². The van der Waals surface area contributed by atoms with Crippen LogP contribution in [-0.4, -0.2) is 66.5 Å². The van der Waals surface area contributed by atoms with Crippen LogP contribution in [0.4, 0.5) is 0 Å². The Hall–Kier alpha value is -0.930. The summed E-state index contributed by atoms with van der Waals surface area (Å²) in [4.78, 5) is 5.08. The molecule has 0 bridgehead atoms. The van der Waals surface area contributed by atoms with Crippen molar-refractivity contribution in [2.24, 2.45) is 0 Å². The number of piperazine rings is 1. The van der Waals surface area contributed by atoms with E-state index >= 15 is 0 Å². The lowest BCUT2D eigenvalue weighted by atomic mass is 10.2. The van der Waals surface area contributed by atoms with Gasteiger partial charge in [-0.25, -0.2) is 8.42 Å². The molecule has 2 saturated heterocycles. The average Bonchev–Trinajstić information content (AvgIpc) is 3.07. The van der Waals surface area contributed by atoms with Crippen molar-refractivity contribution in [1.82, 2.24) is 14.4 Å². The molecule has 136 valence electrons. The third-order valence-corrected chi connectivity index (χ3v) is 7.39. The predicted octanol–water partition coefficient (Wildman–Crippen LogP) is 2.38. The van der Waals surface area contributed by atoms with E-state index in [1.165, 1.54) is 0 Å². The van der Waals surface area contributed by atoms with E-state index < -0.39 is 9.84 Å². The number of fused-ring (bicyclic) bond motifs is 1. The van der Waals surface area contributed by atoms with Crippen molar-refractivity contribution >= 4 is 44.8 Å². The molecule has 2 fully saturated rings. The number of aromatic nitrogens is 1. The number of nitrogens with zero attached hydrogens (tertiary/aromatic N) is 3. The first-order valence-corrected chi connectivity index (χ1v) is 11.0. The van der Waals surface area contributed by atoms with E-state index in [2.05, 4.69) is 9.80 Å². The Bertz CT molecular complexity index is 945. The summed E-state index contributed by atoms with van der Waals surface area (Å²) >= 11 is 11.4. The van der Waals surface area contributed by atoms with Crippen LogP contribution in [-0.2, 0) is 16.5 Å². The van der Waals surface area contributed by atoms with Gasteiger partial charge < -0.3 is 4.42 Å². The molecule has 3 heterocycles. The minimum atomic E-state index is -2.83. The summed E-state index contributed by atoms with van der Waals surface area (Å²) in [5, 5.41) is 0.628. The van der Waals surface area contributed by atoms with Crippen LogP contribution in [0.1, 0.15) is 6.42 Å². The zero-order valence-corrected chi connectivity index (χ0v) is 16.1. The Morgan fingerprint density at radius 1 is 1.24 bits per heavy atom. The Morgan fingerprint density at radius 2 is 2.00 bits per heavy atom. The van der Waals surface area contributed by atoms with Crippen LogP contribution in [0.15, 0.2) is 22.6 Å². The van der Waals surface area contributed by atoms with Crippen LogP contribution in [0.2, 0.25) is 5.02 Å². The summed E-state index contributed by atoms with van der Waals surface area (Å²) in [6.07, 6.45) is 0.764. The Kier molecular flexibility index (Phi) is 4.66. The van der Waals surface area contributed by atoms with Gasteiger partial charge in [0.1, 0.15) is 0 Å². The van der Waals surface area contributed by atoms with Gasteiger partial charge in [-0.1, -0.05) is 11.6 Å². The van der Waals surface area contributed by atoms with Crippen molar-refractivity contribution in [3.8, 4) is 0 Å². The first-order valence-electron chi connectivity index (χ1n) is 8.37. The van der Waals surface area contributed by atoms with Gasteiger partial charge in [-0.2, -0.15) is 0 Å². The molecule has 25 heavy (non-hydrogen) atoms. The van der Waals surface area contributed by atoms with Gasteiger partial charge in [-0.05, 0) is 30.8 Å². The molecule has 4 rings (SSSR count). The summed E-state index contributed by atoms with van der Waals surface area (Å²) in [5.74, 6) is 0.641. The minimum Gasteiger partial charge on any atom is -0.429 e. The SMILES string of the molecule is O=S1(=O)CC[C@H](N2CCN(Cn3c(=S)oc4cc(Cl)ccc43)CC2)C1. The third-order valence-electron chi connectivity index (χ3n) is 5.10. The lowest BCUT2D eigenvalue weighted by molar-refractivity contribution is 0.0845. The van der Waals surface area contributed by atoms with Gasteiger partial charge in [0, 0.05) is 43.3 Å². The molecule has 0 spiro atoms. The average molecular weight is 402 g/mol. The fourth-order valence-corrected chi connectivity index (χ4v) is 5.88. The molecule has 0 unspecified atom stereocenters. The molecule has 1 aromatic heterocycles. The van der Waals surface area contributed by atoms with Crippen LogP contribution < -0.4 is 0 Å². The van der Waals surface area contributed by atoms with Gasteiger partial charge in [-0.15, -0.1) is 0 Å². The molecule has 0 N–H and O–H groups in total. The Labute approximate surface area is 156 Å². The maximum absolute atomic E-state index is 11.7. The van der Waals surface area contributed by atoms with Crippen molar-refractivity contribution in [3.05, 3.63) is 28.1 Å². The number of hydrogen-bond acceptors (Lipinski definition) is 6. The second-order valence-corrected chi connectivity index (χ2v) is 9.77. The van der Waals surface area contributed by atoms with Crippen LogP contribution >= 0.6 is 23.8 Å². The van der Waals surface area contributed by atoms with Gasteiger partial charge in [0.15, 0.2) is 15.4 Å². The molecule has 1 atom stereocenters. The van der Waals surface area contributed by atoms with E-state index in [0.717, 1.165) is 38.1 Å². The molecule has 9 heteroatoms. The molecule has 0 aliphatic carbocycles. The van der Waals surface area contributed by atoms with Gasteiger partial charge in [0.25, 0.3) is 4.84 Å². The zero-order chi connectivity index (χ0) is 17.6. The highest BCUT2D eigenvalue weighted by Gasteiger charge is 2.33. The summed E-state index contributed by atoms with van der Waals surface area (Å²) in [5.41, 5.74) is 1.64. The Balaban J connectivity index is 1.42. The molecule has 2 aliphatic rings. The predicted molar refractivity (Wildman–Crippen MR) is 100 cm³/mol. The molecule has 0 amide bonds. The second-order valence-electron chi connectivity index (χ2n) is 6.76. The van der Waals surface area contributed by atoms with Gasteiger partial charge in [0.05, 0.1) is 23.7 Å². The van der Waals surface area contributed by atoms with Crippen molar-refractivity contribution in [3.63, 3.8) is 0 Å². The van der Waals surface area contributed by atoms with Crippen molar-refractivity contribution in [1.29, 1.82) is 0 Å². The van der Waals surface area contributed by atoms with E-state index in [9.17, 15) is 8.42 Å². The largest absolute Gasteiger partial charge is 0.429 e. The van der Waals surface area contributed by atoms with E-state index in [1.54, 1.807) is 6.07 Å². The lowest BCUT2D eigenvalue weighted by Crippen LogP contribution is -2.50. The number of oxazole rings is 1. The molecule has 1 aromatic carbocycles. The lowest BCUT2D eigenvalue weighted by Gasteiger charge is -2.37. The van der Waals surface area contributed by atoms with Crippen LogP contribution in [0.5, 0.6) is 0 Å². The monoisotopic (exact) mass is 401 g/mol. The summed E-state index contributed by atoms with van der Waals surface area (Å²) < 4.78 is 31.0. The second kappa shape index (κ2) is 6.66. The number of sulfone groups is 1. The van der Waals surface area contributed by atoms with Crippen molar-refractivity contribution in [2.75, 3.05) is 37.7 Å². The van der Waals surface area contributed by atoms with Crippen molar-refractivity contribution in [2.45, 2.75) is 19.1 Å². The zero-order valence-electron chi connectivity index (χ0n) is 13.7. The van der Waals surface area contributed by atoms with Gasteiger partial charge >= 0.3 is 0 Å². The first kappa shape index (κ1) is 17.5. The molecular weight excluding hydrogens is 382 g/mol. The van der Waals surface area contributed by atoms with Gasteiger partial charge in [0.2, 0.25) is 0 Å². The third kappa shape index (κ3) is 3.64. The number of halogens is 1. The summed E-state index contributed by atoms with van der Waals surface area (Å²) in [6.45, 7) is 4.21. The highest BCUT2D eigenvalue weighted by Crippen LogP contribution is 2.23. The van der Waals surface area contributed by atoms with E-state index in [-0.39, 0.29) is 6.04 Å². The normalized spacial score (nSPS) is 24.9.